The largest absolute Gasteiger partial charge is 0.308 e. The summed E-state index contributed by atoms with van der Waals surface area (Å²) in [6, 6.07) is 0.268. The molecular weight excluding hydrogens is 200 g/mol. The topological polar surface area (TPSA) is 41.0 Å². The summed E-state index contributed by atoms with van der Waals surface area (Å²) < 4.78 is 0. The zero-order valence-electron chi connectivity index (χ0n) is 10.5. The minimum absolute atomic E-state index is 0.268. The minimum atomic E-state index is 0.268. The fraction of sp³-hybridized carbons (Fsp3) is 0.667. The van der Waals surface area contributed by atoms with Crippen LogP contribution in [0.2, 0.25) is 0 Å². The molecule has 1 rings (SSSR count). The minimum Gasteiger partial charge on any atom is -0.308 e. The number of hydrogen-bond donors (Lipinski definition) is 1. The van der Waals surface area contributed by atoms with E-state index in [4.69, 9.17) is 0 Å². The lowest BCUT2D eigenvalue weighted by Crippen LogP contribution is -2.33. The monoisotopic (exact) mass is 222 g/mol. The second-order valence-corrected chi connectivity index (χ2v) is 3.83. The zero-order valence-corrected chi connectivity index (χ0v) is 10.5. The molecule has 4 nitrogen and oxygen atoms in total. The van der Waals surface area contributed by atoms with E-state index in [9.17, 15) is 0 Å². The van der Waals surface area contributed by atoms with Crippen molar-refractivity contribution in [2.45, 2.75) is 26.8 Å². The van der Waals surface area contributed by atoms with Crippen molar-refractivity contribution in [3.63, 3.8) is 0 Å². The molecule has 16 heavy (non-hydrogen) atoms. The van der Waals surface area contributed by atoms with Gasteiger partial charge in [-0.1, -0.05) is 13.8 Å². The SMILES string of the molecule is CCN(CC)CCNC(C)c1cnccn1. The van der Waals surface area contributed by atoms with Gasteiger partial charge in [0.25, 0.3) is 0 Å². The molecule has 0 saturated carbocycles. The summed E-state index contributed by atoms with van der Waals surface area (Å²) in [6.45, 7) is 10.8. The Hall–Kier alpha value is -1.00. The van der Waals surface area contributed by atoms with E-state index in [1.54, 1.807) is 12.4 Å². The fourth-order valence-electron chi connectivity index (χ4n) is 1.62. The number of likely N-dealkylation sites (N-methyl/N-ethyl adjacent to an activating group) is 1. The summed E-state index contributed by atoms with van der Waals surface area (Å²) in [7, 11) is 0. The first kappa shape index (κ1) is 13.1. The quantitative estimate of drug-likeness (QED) is 0.758. The van der Waals surface area contributed by atoms with Crippen LogP contribution < -0.4 is 5.32 Å². The van der Waals surface area contributed by atoms with Gasteiger partial charge in [-0.15, -0.1) is 0 Å². The third-order valence-corrected chi connectivity index (χ3v) is 2.80. The highest BCUT2D eigenvalue weighted by Crippen LogP contribution is 2.05. The van der Waals surface area contributed by atoms with E-state index in [0.717, 1.165) is 31.9 Å². The highest BCUT2D eigenvalue weighted by molar-refractivity contribution is 5.00. The first-order chi connectivity index (χ1) is 7.77. The van der Waals surface area contributed by atoms with E-state index < -0.39 is 0 Å². The molecule has 0 aromatic carbocycles. The van der Waals surface area contributed by atoms with Crippen LogP contribution in [0.3, 0.4) is 0 Å². The second kappa shape index (κ2) is 7.30. The third kappa shape index (κ3) is 4.24. The number of hydrogen-bond acceptors (Lipinski definition) is 4. The van der Waals surface area contributed by atoms with E-state index in [1.807, 2.05) is 6.20 Å². The number of aromatic nitrogens is 2. The summed E-state index contributed by atoms with van der Waals surface area (Å²) in [6.07, 6.45) is 5.25. The van der Waals surface area contributed by atoms with Gasteiger partial charge in [0.2, 0.25) is 0 Å². The highest BCUT2D eigenvalue weighted by Gasteiger charge is 2.06. The van der Waals surface area contributed by atoms with E-state index >= 15 is 0 Å². The molecule has 90 valence electrons. The Bertz CT molecular complexity index is 272. The zero-order chi connectivity index (χ0) is 11.8. The molecule has 0 bridgehead atoms. The van der Waals surface area contributed by atoms with Crippen molar-refractivity contribution in [1.82, 2.24) is 20.2 Å². The van der Waals surface area contributed by atoms with Crippen LogP contribution in [0.1, 0.15) is 32.5 Å². The van der Waals surface area contributed by atoms with Gasteiger partial charge in [-0.3, -0.25) is 9.97 Å². The Morgan fingerprint density at radius 1 is 1.31 bits per heavy atom. The Kier molecular flexibility index (Phi) is 5.96. The molecule has 0 radical (unpaired) electrons. The number of nitrogens with zero attached hydrogens (tertiary/aromatic N) is 3. The van der Waals surface area contributed by atoms with Gasteiger partial charge in [0.1, 0.15) is 0 Å². The van der Waals surface area contributed by atoms with Gasteiger partial charge in [0.05, 0.1) is 5.69 Å². The molecule has 0 aliphatic rings. The first-order valence-electron chi connectivity index (χ1n) is 5.99. The van der Waals surface area contributed by atoms with Crippen LogP contribution in [-0.2, 0) is 0 Å². The molecule has 1 aromatic heterocycles. The van der Waals surface area contributed by atoms with Gasteiger partial charge in [-0.25, -0.2) is 0 Å². The summed E-state index contributed by atoms with van der Waals surface area (Å²) in [5.41, 5.74) is 1.00. The normalized spacial score (nSPS) is 13.0. The van der Waals surface area contributed by atoms with Crippen molar-refractivity contribution >= 4 is 0 Å². The maximum Gasteiger partial charge on any atom is 0.0753 e. The Balaban J connectivity index is 2.28. The van der Waals surface area contributed by atoms with Crippen LogP contribution in [0.15, 0.2) is 18.6 Å². The summed E-state index contributed by atoms with van der Waals surface area (Å²) in [5.74, 6) is 0. The van der Waals surface area contributed by atoms with E-state index in [-0.39, 0.29) is 6.04 Å². The van der Waals surface area contributed by atoms with Gasteiger partial charge in [0, 0.05) is 37.7 Å². The maximum absolute atomic E-state index is 4.28. The highest BCUT2D eigenvalue weighted by atomic mass is 15.1. The standard InChI is InChI=1S/C12H22N4/c1-4-16(5-2)9-8-14-11(3)12-10-13-6-7-15-12/h6-7,10-11,14H,4-5,8-9H2,1-3H3. The van der Waals surface area contributed by atoms with Crippen LogP contribution in [0.4, 0.5) is 0 Å². The second-order valence-electron chi connectivity index (χ2n) is 3.83. The van der Waals surface area contributed by atoms with E-state index in [0.29, 0.717) is 0 Å². The number of nitrogens with one attached hydrogen (secondary N) is 1. The summed E-state index contributed by atoms with van der Waals surface area (Å²) in [5, 5.41) is 3.45. The molecule has 1 heterocycles. The lowest BCUT2D eigenvalue weighted by atomic mass is 10.2. The lowest BCUT2D eigenvalue weighted by Gasteiger charge is -2.20. The van der Waals surface area contributed by atoms with Crippen LogP contribution in [0, 0.1) is 0 Å². The Labute approximate surface area is 98.1 Å². The molecule has 0 aliphatic carbocycles. The van der Waals surface area contributed by atoms with Gasteiger partial charge < -0.3 is 10.2 Å². The molecule has 0 amide bonds. The van der Waals surface area contributed by atoms with Crippen LogP contribution >= 0.6 is 0 Å². The van der Waals surface area contributed by atoms with Crippen molar-refractivity contribution < 1.29 is 0 Å². The van der Waals surface area contributed by atoms with Crippen molar-refractivity contribution in [3.05, 3.63) is 24.3 Å². The van der Waals surface area contributed by atoms with Crippen LogP contribution in [0.25, 0.3) is 0 Å². The Morgan fingerprint density at radius 2 is 2.06 bits per heavy atom. The average molecular weight is 222 g/mol. The maximum atomic E-state index is 4.28. The summed E-state index contributed by atoms with van der Waals surface area (Å²) in [4.78, 5) is 10.7. The molecule has 1 atom stereocenters. The van der Waals surface area contributed by atoms with Gasteiger partial charge in [0.15, 0.2) is 0 Å². The molecule has 1 unspecified atom stereocenters. The number of rotatable bonds is 7. The Morgan fingerprint density at radius 3 is 2.62 bits per heavy atom. The lowest BCUT2D eigenvalue weighted by molar-refractivity contribution is 0.297. The third-order valence-electron chi connectivity index (χ3n) is 2.80. The summed E-state index contributed by atoms with van der Waals surface area (Å²) >= 11 is 0. The van der Waals surface area contributed by atoms with Crippen LogP contribution in [-0.4, -0.2) is 41.0 Å². The molecule has 0 aliphatic heterocycles. The van der Waals surface area contributed by atoms with Crippen molar-refractivity contribution in [2.75, 3.05) is 26.2 Å². The smallest absolute Gasteiger partial charge is 0.0753 e. The van der Waals surface area contributed by atoms with E-state index in [2.05, 4.69) is 41.0 Å². The molecule has 1 aromatic rings. The van der Waals surface area contributed by atoms with Crippen LogP contribution in [0.5, 0.6) is 0 Å². The van der Waals surface area contributed by atoms with Crippen molar-refractivity contribution in [3.8, 4) is 0 Å². The molecule has 0 spiro atoms. The van der Waals surface area contributed by atoms with Crippen molar-refractivity contribution in [2.24, 2.45) is 0 Å². The molecule has 4 heteroatoms. The fourth-order valence-corrected chi connectivity index (χ4v) is 1.62. The van der Waals surface area contributed by atoms with Gasteiger partial charge in [-0.2, -0.15) is 0 Å². The molecule has 1 N–H and O–H groups in total. The average Bonchev–Trinajstić information content (AvgIpc) is 2.35. The predicted octanol–water partition coefficient (Wildman–Crippen LogP) is 1.47. The van der Waals surface area contributed by atoms with Crippen molar-refractivity contribution in [1.29, 1.82) is 0 Å². The van der Waals surface area contributed by atoms with E-state index in [1.165, 1.54) is 0 Å². The predicted molar refractivity (Wildman–Crippen MR) is 66.2 cm³/mol. The molecule has 0 fully saturated rings. The molecular formula is C12H22N4. The molecule has 0 saturated heterocycles. The van der Waals surface area contributed by atoms with Gasteiger partial charge >= 0.3 is 0 Å². The van der Waals surface area contributed by atoms with Gasteiger partial charge in [-0.05, 0) is 20.0 Å². The first-order valence-corrected chi connectivity index (χ1v) is 5.99.